The number of nitrogens with one attached hydrogen (secondary N) is 2. The lowest BCUT2D eigenvalue weighted by molar-refractivity contribution is -0.140. The fourth-order valence-corrected chi connectivity index (χ4v) is 4.39. The van der Waals surface area contributed by atoms with Crippen molar-refractivity contribution in [2.24, 2.45) is 4.99 Å². The fraction of sp³-hybridized carbons (Fsp3) is 0.636. The highest BCUT2D eigenvalue weighted by atomic mass is 127. The topological polar surface area (TPSA) is 83.4 Å². The molecule has 6 nitrogen and oxygen atoms in total. The van der Waals surface area contributed by atoms with Crippen LogP contribution in [-0.4, -0.2) is 44.0 Å². The third-order valence-corrected chi connectivity index (χ3v) is 5.66. The summed E-state index contributed by atoms with van der Waals surface area (Å²) in [5.74, 6) is 0.498. The minimum atomic E-state index is -4.45. The van der Waals surface area contributed by atoms with Crippen molar-refractivity contribution in [1.29, 1.82) is 0 Å². The van der Waals surface area contributed by atoms with Crippen molar-refractivity contribution in [3.05, 3.63) is 16.1 Å². The van der Waals surface area contributed by atoms with Gasteiger partial charge in [0.25, 0.3) is 0 Å². The summed E-state index contributed by atoms with van der Waals surface area (Å²) in [6, 6.07) is -0.238. The van der Waals surface area contributed by atoms with E-state index >= 15 is 0 Å². The number of rotatable bonds is 3. The Labute approximate surface area is 152 Å². The molecule has 1 aromatic heterocycles. The highest BCUT2D eigenvalue weighted by Crippen LogP contribution is 2.29. The Morgan fingerprint density at radius 1 is 1.52 bits per heavy atom. The van der Waals surface area contributed by atoms with E-state index in [1.807, 2.05) is 0 Å². The van der Waals surface area contributed by atoms with Gasteiger partial charge in [0.15, 0.2) is 21.5 Å². The number of guanidine groups is 1. The number of hydrogen-bond acceptors (Lipinski definition) is 5. The largest absolute Gasteiger partial charge is 0.434 e. The SMILES string of the molecule is CN=C(NCc1nc(C(F)(F)F)cs1)NC1CCS(=O)(=O)C1.I. The second kappa shape index (κ2) is 7.96. The summed E-state index contributed by atoms with van der Waals surface area (Å²) in [6.07, 6.45) is -3.97. The predicted octanol–water partition coefficient (Wildman–Crippen LogP) is 1.63. The van der Waals surface area contributed by atoms with Gasteiger partial charge in [-0.05, 0) is 6.42 Å². The van der Waals surface area contributed by atoms with Crippen molar-refractivity contribution < 1.29 is 21.6 Å². The standard InChI is InChI=1S/C11H15F3N4O2S2.HI/c1-15-10(17-7-2-3-22(19,20)6-7)16-4-9-18-8(5-21-9)11(12,13)14;/h5,7H,2-4,6H2,1H3,(H2,15,16,17);1H. The van der Waals surface area contributed by atoms with Crippen LogP contribution < -0.4 is 10.6 Å². The van der Waals surface area contributed by atoms with Gasteiger partial charge in [0, 0.05) is 18.5 Å². The zero-order chi connectivity index (χ0) is 16.4. The van der Waals surface area contributed by atoms with Crippen molar-refractivity contribution >= 4 is 51.1 Å². The highest BCUT2D eigenvalue weighted by molar-refractivity contribution is 14.0. The van der Waals surface area contributed by atoms with Crippen LogP contribution in [0.1, 0.15) is 17.1 Å². The van der Waals surface area contributed by atoms with Gasteiger partial charge in [-0.2, -0.15) is 13.2 Å². The van der Waals surface area contributed by atoms with E-state index in [0.717, 1.165) is 16.7 Å². The molecule has 2 N–H and O–H groups in total. The van der Waals surface area contributed by atoms with Gasteiger partial charge in [-0.25, -0.2) is 13.4 Å². The van der Waals surface area contributed by atoms with E-state index in [0.29, 0.717) is 12.4 Å². The molecule has 23 heavy (non-hydrogen) atoms. The lowest BCUT2D eigenvalue weighted by Gasteiger charge is -2.15. The van der Waals surface area contributed by atoms with Crippen LogP contribution >= 0.6 is 35.3 Å². The third kappa shape index (κ3) is 6.06. The van der Waals surface area contributed by atoms with Gasteiger partial charge in [0.2, 0.25) is 0 Å². The maximum atomic E-state index is 12.4. The normalized spacial score (nSPS) is 20.9. The Balaban J connectivity index is 0.00000264. The molecule has 12 heteroatoms. The van der Waals surface area contributed by atoms with Crippen LogP contribution in [0.5, 0.6) is 0 Å². The number of nitrogens with zero attached hydrogens (tertiary/aromatic N) is 2. The molecule has 0 aliphatic carbocycles. The van der Waals surface area contributed by atoms with E-state index in [1.165, 1.54) is 7.05 Å². The number of thiazole rings is 1. The third-order valence-electron chi connectivity index (χ3n) is 3.05. The van der Waals surface area contributed by atoms with Crippen LogP contribution in [-0.2, 0) is 22.6 Å². The van der Waals surface area contributed by atoms with Crippen LogP contribution in [0.2, 0.25) is 0 Å². The second-order valence-electron chi connectivity index (χ2n) is 4.79. The number of halogens is 4. The molecule has 1 saturated heterocycles. The van der Waals surface area contributed by atoms with Crippen LogP contribution in [0.3, 0.4) is 0 Å². The minimum absolute atomic E-state index is 0. The molecule has 1 atom stereocenters. The molecule has 0 bridgehead atoms. The summed E-state index contributed by atoms with van der Waals surface area (Å²) >= 11 is 0.899. The van der Waals surface area contributed by atoms with Crippen molar-refractivity contribution in [2.45, 2.75) is 25.2 Å². The monoisotopic (exact) mass is 484 g/mol. The van der Waals surface area contributed by atoms with Crippen LogP contribution in [0.4, 0.5) is 13.2 Å². The molecule has 1 aliphatic rings. The molecule has 1 unspecified atom stereocenters. The summed E-state index contributed by atoms with van der Waals surface area (Å²) in [5.41, 5.74) is -0.917. The van der Waals surface area contributed by atoms with Gasteiger partial charge in [-0.3, -0.25) is 4.99 Å². The second-order valence-corrected chi connectivity index (χ2v) is 7.97. The molecule has 0 radical (unpaired) electrons. The lowest BCUT2D eigenvalue weighted by atomic mass is 10.3. The average molecular weight is 484 g/mol. The van der Waals surface area contributed by atoms with Crippen molar-refractivity contribution in [3.63, 3.8) is 0 Å². The number of aliphatic imine (C=N–C) groups is 1. The molecule has 0 spiro atoms. The van der Waals surface area contributed by atoms with Gasteiger partial charge in [0.05, 0.1) is 18.1 Å². The van der Waals surface area contributed by atoms with Crippen molar-refractivity contribution in [2.75, 3.05) is 18.6 Å². The predicted molar refractivity (Wildman–Crippen MR) is 92.9 cm³/mol. The highest BCUT2D eigenvalue weighted by Gasteiger charge is 2.33. The minimum Gasteiger partial charge on any atom is -0.353 e. The first-order chi connectivity index (χ1) is 10.2. The van der Waals surface area contributed by atoms with E-state index < -0.39 is 21.7 Å². The summed E-state index contributed by atoms with van der Waals surface area (Å²) in [4.78, 5) is 7.42. The van der Waals surface area contributed by atoms with Crippen molar-refractivity contribution in [1.82, 2.24) is 15.6 Å². The molecule has 2 rings (SSSR count). The van der Waals surface area contributed by atoms with Crippen molar-refractivity contribution in [3.8, 4) is 0 Å². The molecule has 0 amide bonds. The van der Waals surface area contributed by atoms with E-state index in [2.05, 4.69) is 20.6 Å². The number of hydrogen-bond donors (Lipinski definition) is 2. The quantitative estimate of drug-likeness (QED) is 0.387. The number of sulfone groups is 1. The summed E-state index contributed by atoms with van der Waals surface area (Å²) < 4.78 is 60.1. The molecule has 0 aromatic carbocycles. The van der Waals surface area contributed by atoms with Gasteiger partial charge in [0.1, 0.15) is 5.01 Å². The number of alkyl halides is 3. The maximum absolute atomic E-state index is 12.4. The van der Waals surface area contributed by atoms with E-state index in [1.54, 1.807) is 0 Å². The first-order valence-corrected chi connectivity index (χ1v) is 9.09. The Bertz CT molecular complexity index is 660. The molecule has 1 aliphatic heterocycles. The van der Waals surface area contributed by atoms with Gasteiger partial charge < -0.3 is 10.6 Å². The molecule has 2 heterocycles. The maximum Gasteiger partial charge on any atom is 0.434 e. The first-order valence-electron chi connectivity index (χ1n) is 6.39. The van der Waals surface area contributed by atoms with E-state index in [-0.39, 0.29) is 53.1 Å². The lowest BCUT2D eigenvalue weighted by Crippen LogP contribution is -2.43. The molecule has 132 valence electrons. The van der Waals surface area contributed by atoms with Crippen LogP contribution in [0.25, 0.3) is 0 Å². The average Bonchev–Trinajstić information content (AvgIpc) is 3.00. The zero-order valence-electron chi connectivity index (χ0n) is 12.1. The molecular formula is C11H16F3IN4O2S2. The first kappa shape index (κ1) is 20.4. The Morgan fingerprint density at radius 2 is 2.22 bits per heavy atom. The number of aromatic nitrogens is 1. The van der Waals surface area contributed by atoms with Gasteiger partial charge in [-0.1, -0.05) is 0 Å². The van der Waals surface area contributed by atoms with Gasteiger partial charge >= 0.3 is 6.18 Å². The molecular weight excluding hydrogens is 468 g/mol. The van der Waals surface area contributed by atoms with E-state index in [9.17, 15) is 21.6 Å². The zero-order valence-corrected chi connectivity index (χ0v) is 16.0. The molecule has 1 aromatic rings. The fourth-order valence-electron chi connectivity index (χ4n) is 1.98. The smallest absolute Gasteiger partial charge is 0.353 e. The summed E-state index contributed by atoms with van der Waals surface area (Å²) in [6.45, 7) is 0.0832. The van der Waals surface area contributed by atoms with Gasteiger partial charge in [-0.15, -0.1) is 35.3 Å². The summed E-state index contributed by atoms with van der Waals surface area (Å²) in [7, 11) is -1.51. The molecule has 1 fully saturated rings. The molecule has 0 saturated carbocycles. The Kier molecular flexibility index (Phi) is 7.07. The summed E-state index contributed by atoms with van der Waals surface area (Å²) in [5, 5.41) is 7.00. The Hall–Kier alpha value is -0.630. The van der Waals surface area contributed by atoms with E-state index in [4.69, 9.17) is 0 Å². The van der Waals surface area contributed by atoms with Crippen LogP contribution in [0, 0.1) is 0 Å². The van der Waals surface area contributed by atoms with Crippen LogP contribution in [0.15, 0.2) is 10.4 Å². The Morgan fingerprint density at radius 3 is 2.70 bits per heavy atom.